The Morgan fingerprint density at radius 2 is 1.28 bits per heavy atom. The Balaban J connectivity index is 1.63. The van der Waals surface area contributed by atoms with Crippen LogP contribution in [0.15, 0.2) is 97.1 Å². The molecule has 3 N–H and O–H groups in total. The maximum Gasteiger partial charge on any atom is 0.337 e. The molecule has 0 spiro atoms. The molecule has 0 aromatic heterocycles. The van der Waals surface area contributed by atoms with Gasteiger partial charge < -0.3 is 15.5 Å². The Morgan fingerprint density at radius 1 is 0.719 bits per heavy atom. The average Bonchev–Trinajstić information content (AvgIpc) is 2.83. The maximum absolute atomic E-state index is 13.1. The zero-order chi connectivity index (χ0) is 22.5. The number of rotatable bonds is 7. The van der Waals surface area contributed by atoms with E-state index in [9.17, 15) is 19.8 Å². The van der Waals surface area contributed by atoms with Gasteiger partial charge in [0.1, 0.15) is 0 Å². The van der Waals surface area contributed by atoms with Gasteiger partial charge >= 0.3 is 5.97 Å². The number of nitrogens with one attached hydrogen (secondary N) is 1. The van der Waals surface area contributed by atoms with Crippen LogP contribution < -0.4 is 5.32 Å². The number of aliphatic hydroxyl groups excluding tert-OH is 1. The van der Waals surface area contributed by atoms with E-state index in [1.807, 2.05) is 72.8 Å². The fourth-order valence-corrected chi connectivity index (χ4v) is 3.96. The molecule has 5 heteroatoms. The van der Waals surface area contributed by atoms with Crippen molar-refractivity contribution in [2.75, 3.05) is 0 Å². The smallest absolute Gasteiger partial charge is 0.337 e. The Hall–Kier alpha value is -3.96. The number of carboxylic acid groups (broad SMARTS) is 1. The summed E-state index contributed by atoms with van der Waals surface area (Å²) in [6, 6.07) is 29.8. The van der Waals surface area contributed by atoms with Gasteiger partial charge in [-0.1, -0.05) is 97.1 Å². The van der Waals surface area contributed by atoms with Crippen LogP contribution in [0.3, 0.4) is 0 Å². The molecule has 0 heterocycles. The molecule has 1 amide bonds. The highest BCUT2D eigenvalue weighted by Gasteiger charge is 2.20. The minimum atomic E-state index is -1.62. The predicted octanol–water partition coefficient (Wildman–Crippen LogP) is 4.41. The minimum absolute atomic E-state index is 0.125. The molecule has 0 aliphatic carbocycles. The van der Waals surface area contributed by atoms with Gasteiger partial charge in [0.2, 0.25) is 5.91 Å². The van der Waals surface area contributed by atoms with E-state index in [1.165, 1.54) is 0 Å². The highest BCUT2D eigenvalue weighted by atomic mass is 16.4. The Kier molecular flexibility index (Phi) is 6.29. The number of amides is 1. The third kappa shape index (κ3) is 4.53. The summed E-state index contributed by atoms with van der Waals surface area (Å²) in [4.78, 5) is 24.4. The van der Waals surface area contributed by atoms with Gasteiger partial charge in [-0.25, -0.2) is 4.79 Å². The van der Waals surface area contributed by atoms with Crippen molar-refractivity contribution < 1.29 is 19.8 Å². The largest absolute Gasteiger partial charge is 0.479 e. The molecule has 1 unspecified atom stereocenters. The van der Waals surface area contributed by atoms with E-state index >= 15 is 0 Å². The van der Waals surface area contributed by atoms with Crippen LogP contribution in [-0.2, 0) is 16.0 Å². The van der Waals surface area contributed by atoms with Gasteiger partial charge in [-0.05, 0) is 33.0 Å². The lowest BCUT2D eigenvalue weighted by Gasteiger charge is -2.20. The summed E-state index contributed by atoms with van der Waals surface area (Å²) in [6.07, 6.45) is -1.50. The third-order valence-corrected chi connectivity index (χ3v) is 5.50. The second kappa shape index (κ2) is 9.45. The third-order valence-electron chi connectivity index (χ3n) is 5.50. The van der Waals surface area contributed by atoms with Crippen LogP contribution in [0.4, 0.5) is 0 Å². The minimum Gasteiger partial charge on any atom is -0.479 e. The van der Waals surface area contributed by atoms with Crippen LogP contribution in [0.1, 0.15) is 34.4 Å². The molecule has 4 aromatic carbocycles. The molecular weight excluding hydrogens is 402 g/mol. The second-order valence-electron chi connectivity index (χ2n) is 7.60. The van der Waals surface area contributed by atoms with Gasteiger partial charge in [0.25, 0.3) is 0 Å². The van der Waals surface area contributed by atoms with Gasteiger partial charge in [0.15, 0.2) is 6.10 Å². The standard InChI is InChI=1S/C27H23NO4/c29-24(28-25(18-9-3-1-4-10-18)19-11-5-2-6-12-19)17-20-13-7-15-22-21(20)14-8-16-23(22)26(30)27(31)32/h1-16,25-26,30H,17H2,(H,28,29)(H,31,32). The van der Waals surface area contributed by atoms with Crippen molar-refractivity contribution in [3.8, 4) is 0 Å². The summed E-state index contributed by atoms with van der Waals surface area (Å²) in [5, 5.41) is 23.8. The fraction of sp³-hybridized carbons (Fsp3) is 0.111. The second-order valence-corrected chi connectivity index (χ2v) is 7.60. The van der Waals surface area contributed by atoms with E-state index in [-0.39, 0.29) is 18.4 Å². The van der Waals surface area contributed by atoms with Gasteiger partial charge in [0, 0.05) is 0 Å². The van der Waals surface area contributed by atoms with Crippen molar-refractivity contribution in [2.24, 2.45) is 0 Å². The molecule has 4 rings (SSSR count). The molecule has 5 nitrogen and oxygen atoms in total. The van der Waals surface area contributed by atoms with E-state index in [2.05, 4.69) is 5.32 Å². The van der Waals surface area contributed by atoms with Crippen molar-refractivity contribution in [1.29, 1.82) is 0 Å². The van der Waals surface area contributed by atoms with Crippen molar-refractivity contribution in [2.45, 2.75) is 18.6 Å². The number of hydrogen-bond acceptors (Lipinski definition) is 3. The quantitative estimate of drug-likeness (QED) is 0.409. The van der Waals surface area contributed by atoms with Crippen molar-refractivity contribution in [1.82, 2.24) is 5.32 Å². The molecule has 0 aliphatic heterocycles. The van der Waals surface area contributed by atoms with Crippen molar-refractivity contribution in [3.05, 3.63) is 119 Å². The van der Waals surface area contributed by atoms with Crippen molar-refractivity contribution in [3.63, 3.8) is 0 Å². The highest BCUT2D eigenvalue weighted by molar-refractivity contribution is 5.94. The molecule has 4 aromatic rings. The molecule has 0 saturated carbocycles. The molecular formula is C27H23NO4. The monoisotopic (exact) mass is 425 g/mol. The molecule has 32 heavy (non-hydrogen) atoms. The van der Waals surface area contributed by atoms with Gasteiger partial charge in [-0.2, -0.15) is 0 Å². The molecule has 1 atom stereocenters. The zero-order valence-corrected chi connectivity index (χ0v) is 17.3. The summed E-state index contributed by atoms with van der Waals surface area (Å²) in [6.45, 7) is 0. The fourth-order valence-electron chi connectivity index (χ4n) is 3.96. The number of carbonyl (C=O) groups excluding carboxylic acids is 1. The van der Waals surface area contributed by atoms with E-state index in [1.54, 1.807) is 24.3 Å². The van der Waals surface area contributed by atoms with Crippen molar-refractivity contribution >= 4 is 22.6 Å². The van der Waals surface area contributed by atoms with E-state index in [0.717, 1.165) is 22.1 Å². The lowest BCUT2D eigenvalue weighted by atomic mass is 9.95. The van der Waals surface area contributed by atoms with Gasteiger partial charge in [0.05, 0.1) is 12.5 Å². The maximum atomic E-state index is 13.1. The van der Waals surface area contributed by atoms with Crippen LogP contribution in [-0.4, -0.2) is 22.1 Å². The molecule has 0 saturated heterocycles. The zero-order valence-electron chi connectivity index (χ0n) is 17.3. The number of benzene rings is 4. The number of aliphatic hydroxyl groups is 1. The number of fused-ring (bicyclic) bond motifs is 1. The van der Waals surface area contributed by atoms with Crippen LogP contribution in [0.25, 0.3) is 10.8 Å². The number of carbonyl (C=O) groups is 2. The lowest BCUT2D eigenvalue weighted by molar-refractivity contribution is -0.146. The summed E-state index contributed by atoms with van der Waals surface area (Å²) >= 11 is 0. The topological polar surface area (TPSA) is 86.6 Å². The normalized spacial score (nSPS) is 11.9. The van der Waals surface area contributed by atoms with Crippen LogP contribution in [0, 0.1) is 0 Å². The predicted molar refractivity (Wildman–Crippen MR) is 123 cm³/mol. The molecule has 0 aliphatic rings. The summed E-state index contributed by atoms with van der Waals surface area (Å²) < 4.78 is 0. The summed E-state index contributed by atoms with van der Waals surface area (Å²) in [5.41, 5.74) is 3.04. The van der Waals surface area contributed by atoms with Crippen LogP contribution in [0.2, 0.25) is 0 Å². The average molecular weight is 425 g/mol. The van der Waals surface area contributed by atoms with Gasteiger partial charge in [-0.15, -0.1) is 0 Å². The molecule has 0 bridgehead atoms. The molecule has 0 fully saturated rings. The molecule has 0 radical (unpaired) electrons. The van der Waals surface area contributed by atoms with E-state index in [0.29, 0.717) is 10.9 Å². The SMILES string of the molecule is O=C(Cc1cccc2c(C(O)C(=O)O)cccc12)NC(c1ccccc1)c1ccccc1. The first-order valence-electron chi connectivity index (χ1n) is 10.3. The first kappa shape index (κ1) is 21.3. The Labute approximate surface area is 186 Å². The number of hydrogen-bond donors (Lipinski definition) is 3. The van der Waals surface area contributed by atoms with Gasteiger partial charge in [-0.3, -0.25) is 4.79 Å². The van der Waals surface area contributed by atoms with E-state index < -0.39 is 12.1 Å². The molecule has 160 valence electrons. The summed E-state index contributed by atoms with van der Waals surface area (Å²) in [5.74, 6) is -1.46. The number of aliphatic carboxylic acids is 1. The Morgan fingerprint density at radius 3 is 1.88 bits per heavy atom. The first-order valence-corrected chi connectivity index (χ1v) is 10.3. The summed E-state index contributed by atoms with van der Waals surface area (Å²) in [7, 11) is 0. The number of carboxylic acids is 1. The van der Waals surface area contributed by atoms with E-state index in [4.69, 9.17) is 0 Å². The lowest BCUT2D eigenvalue weighted by Crippen LogP contribution is -2.30. The van der Waals surface area contributed by atoms with Crippen LogP contribution >= 0.6 is 0 Å². The first-order chi connectivity index (χ1) is 15.5. The highest BCUT2D eigenvalue weighted by Crippen LogP contribution is 2.28. The Bertz CT molecular complexity index is 1200. The van der Waals surface area contributed by atoms with Crippen LogP contribution in [0.5, 0.6) is 0 Å².